The maximum Gasteiger partial charge on any atom is 0.257 e. The third kappa shape index (κ3) is 5.65. The lowest BCUT2D eigenvalue weighted by atomic mass is 10.1. The molecule has 0 bridgehead atoms. The highest BCUT2D eigenvalue weighted by atomic mass is 32.1. The Balaban J connectivity index is 1.79. The maximum atomic E-state index is 13.0. The summed E-state index contributed by atoms with van der Waals surface area (Å²) in [6.45, 7) is 3.81. The van der Waals surface area contributed by atoms with Gasteiger partial charge in [-0.15, -0.1) is 11.3 Å². The zero-order valence-electron chi connectivity index (χ0n) is 16.5. The summed E-state index contributed by atoms with van der Waals surface area (Å²) in [5.41, 5.74) is 2.06. The summed E-state index contributed by atoms with van der Waals surface area (Å²) in [6, 6.07) is 22.7. The average molecular weight is 405 g/mol. The fourth-order valence-electron chi connectivity index (χ4n) is 2.95. The highest BCUT2D eigenvalue weighted by Gasteiger charge is 2.22. The molecule has 0 aliphatic rings. The lowest BCUT2D eigenvalue weighted by molar-refractivity contribution is -0.124. The van der Waals surface area contributed by atoms with Gasteiger partial charge in [0.1, 0.15) is 5.57 Å². The molecule has 0 aliphatic heterocycles. The molecule has 0 unspecified atom stereocenters. The van der Waals surface area contributed by atoms with Crippen molar-refractivity contribution < 1.29 is 9.59 Å². The fraction of sp³-hybridized carbons (Fsp3) is 0.167. The molecule has 148 valence electrons. The van der Waals surface area contributed by atoms with E-state index in [-0.39, 0.29) is 17.7 Å². The minimum Gasteiger partial charge on any atom is -0.345 e. The molecular weight excluding hydrogens is 380 g/mol. The standard InChI is InChI=1S/C24H24N2O2S/c1-17(19-10-5-3-6-11-19)25-23(27)22(16-21-14-9-15-29-21)24(28)26-18(2)20-12-7-4-8-13-20/h3-18H,1-2H3,(H,25,27)(H,26,28)/t17-,18+. The maximum absolute atomic E-state index is 13.0. The van der Waals surface area contributed by atoms with Gasteiger partial charge in [0.25, 0.3) is 11.8 Å². The van der Waals surface area contributed by atoms with Crippen molar-refractivity contribution >= 4 is 29.2 Å². The molecule has 2 atom stereocenters. The second kappa shape index (κ2) is 9.85. The van der Waals surface area contributed by atoms with Gasteiger partial charge in [-0.2, -0.15) is 0 Å². The lowest BCUT2D eigenvalue weighted by Gasteiger charge is -2.18. The molecule has 29 heavy (non-hydrogen) atoms. The van der Waals surface area contributed by atoms with Gasteiger partial charge in [-0.1, -0.05) is 66.7 Å². The van der Waals surface area contributed by atoms with E-state index in [9.17, 15) is 9.59 Å². The molecule has 0 fully saturated rings. The third-order valence-corrected chi connectivity index (χ3v) is 5.43. The fourth-order valence-corrected chi connectivity index (χ4v) is 3.61. The molecule has 0 aliphatic carbocycles. The van der Waals surface area contributed by atoms with Gasteiger partial charge in [0.15, 0.2) is 0 Å². The van der Waals surface area contributed by atoms with Gasteiger partial charge < -0.3 is 10.6 Å². The van der Waals surface area contributed by atoms with E-state index in [0.29, 0.717) is 0 Å². The molecular formula is C24H24N2O2S. The van der Waals surface area contributed by atoms with Crippen LogP contribution in [0.1, 0.15) is 41.9 Å². The Hall–Kier alpha value is -3.18. The first-order valence-electron chi connectivity index (χ1n) is 9.51. The van der Waals surface area contributed by atoms with Gasteiger partial charge in [0.05, 0.1) is 12.1 Å². The van der Waals surface area contributed by atoms with E-state index in [0.717, 1.165) is 16.0 Å². The zero-order chi connectivity index (χ0) is 20.6. The van der Waals surface area contributed by atoms with Crippen LogP contribution in [0.5, 0.6) is 0 Å². The summed E-state index contributed by atoms with van der Waals surface area (Å²) in [6.07, 6.45) is 1.64. The SMILES string of the molecule is C[C@H](NC(=O)C(=Cc1cccs1)C(=O)N[C@H](C)c1ccccc1)c1ccccc1. The number of rotatable bonds is 7. The topological polar surface area (TPSA) is 58.2 Å². The number of thiophene rings is 1. The first kappa shape index (κ1) is 20.6. The first-order chi connectivity index (χ1) is 14.0. The number of carbonyl (C=O) groups is 2. The van der Waals surface area contributed by atoms with Crippen molar-refractivity contribution in [2.75, 3.05) is 0 Å². The van der Waals surface area contributed by atoms with Crippen molar-refractivity contribution in [3.8, 4) is 0 Å². The van der Waals surface area contributed by atoms with Gasteiger partial charge in [-0.25, -0.2) is 0 Å². The van der Waals surface area contributed by atoms with Gasteiger partial charge in [-0.05, 0) is 42.5 Å². The molecule has 2 N–H and O–H groups in total. The predicted octanol–water partition coefficient (Wildman–Crippen LogP) is 4.89. The number of amides is 2. The van der Waals surface area contributed by atoms with Crippen LogP contribution in [0.25, 0.3) is 6.08 Å². The van der Waals surface area contributed by atoms with Crippen LogP contribution in [0.3, 0.4) is 0 Å². The molecule has 2 aromatic carbocycles. The number of carbonyl (C=O) groups excluding carboxylic acids is 2. The van der Waals surface area contributed by atoms with Crippen molar-refractivity contribution in [1.29, 1.82) is 0 Å². The molecule has 3 aromatic rings. The van der Waals surface area contributed by atoms with E-state index >= 15 is 0 Å². The van der Waals surface area contributed by atoms with E-state index in [4.69, 9.17) is 0 Å². The molecule has 0 saturated heterocycles. The molecule has 0 radical (unpaired) electrons. The summed E-state index contributed by atoms with van der Waals surface area (Å²) in [7, 11) is 0. The molecule has 1 aromatic heterocycles. The Labute approximate surface area is 175 Å². The van der Waals surface area contributed by atoms with Crippen LogP contribution >= 0.6 is 11.3 Å². The summed E-state index contributed by atoms with van der Waals surface area (Å²) in [4.78, 5) is 26.8. The van der Waals surface area contributed by atoms with Gasteiger partial charge in [-0.3, -0.25) is 9.59 Å². The predicted molar refractivity (Wildman–Crippen MR) is 118 cm³/mol. The summed E-state index contributed by atoms with van der Waals surface area (Å²) >= 11 is 1.48. The highest BCUT2D eigenvalue weighted by Crippen LogP contribution is 2.18. The second-order valence-corrected chi connectivity index (χ2v) is 7.76. The summed E-state index contributed by atoms with van der Waals surface area (Å²) in [5.74, 6) is -0.792. The normalized spacial score (nSPS) is 13.4. The van der Waals surface area contributed by atoms with E-state index in [1.165, 1.54) is 11.3 Å². The molecule has 1 heterocycles. The summed E-state index contributed by atoms with van der Waals surface area (Å²) < 4.78 is 0. The Bertz CT molecular complexity index is 905. The smallest absolute Gasteiger partial charge is 0.257 e. The van der Waals surface area contributed by atoms with E-state index in [1.54, 1.807) is 6.08 Å². The van der Waals surface area contributed by atoms with Crippen LogP contribution in [-0.2, 0) is 9.59 Å². The Morgan fingerprint density at radius 1 is 0.759 bits per heavy atom. The Morgan fingerprint density at radius 2 is 1.24 bits per heavy atom. The van der Waals surface area contributed by atoms with Crippen molar-refractivity contribution in [2.45, 2.75) is 25.9 Å². The molecule has 0 spiro atoms. The molecule has 4 nitrogen and oxygen atoms in total. The molecule has 0 saturated carbocycles. The molecule has 3 rings (SSSR count). The van der Waals surface area contributed by atoms with Crippen LogP contribution in [0.15, 0.2) is 83.7 Å². The van der Waals surface area contributed by atoms with Crippen LogP contribution in [-0.4, -0.2) is 11.8 Å². The van der Waals surface area contributed by atoms with Crippen LogP contribution in [0.2, 0.25) is 0 Å². The monoisotopic (exact) mass is 404 g/mol. The Morgan fingerprint density at radius 3 is 1.66 bits per heavy atom. The minimum atomic E-state index is -0.396. The van der Waals surface area contributed by atoms with Gasteiger partial charge in [0, 0.05) is 4.88 Å². The Kier molecular flexibility index (Phi) is 6.98. The van der Waals surface area contributed by atoms with Crippen molar-refractivity contribution in [3.05, 3.63) is 99.8 Å². The van der Waals surface area contributed by atoms with Crippen LogP contribution < -0.4 is 10.6 Å². The van der Waals surface area contributed by atoms with Crippen molar-refractivity contribution in [1.82, 2.24) is 10.6 Å². The molecule has 5 heteroatoms. The lowest BCUT2D eigenvalue weighted by Crippen LogP contribution is -2.36. The number of hydrogen-bond donors (Lipinski definition) is 2. The molecule has 2 amide bonds. The van der Waals surface area contributed by atoms with Crippen molar-refractivity contribution in [3.63, 3.8) is 0 Å². The van der Waals surface area contributed by atoms with E-state index in [2.05, 4.69) is 10.6 Å². The van der Waals surface area contributed by atoms with Gasteiger partial charge >= 0.3 is 0 Å². The summed E-state index contributed by atoms with van der Waals surface area (Å²) in [5, 5.41) is 7.79. The third-order valence-electron chi connectivity index (χ3n) is 4.61. The van der Waals surface area contributed by atoms with Crippen LogP contribution in [0.4, 0.5) is 0 Å². The highest BCUT2D eigenvalue weighted by molar-refractivity contribution is 7.10. The minimum absolute atomic E-state index is 0.0954. The number of nitrogens with one attached hydrogen (secondary N) is 2. The largest absolute Gasteiger partial charge is 0.345 e. The first-order valence-corrected chi connectivity index (χ1v) is 10.4. The van der Waals surface area contributed by atoms with Crippen LogP contribution in [0, 0.1) is 0 Å². The number of benzene rings is 2. The zero-order valence-corrected chi connectivity index (χ0v) is 17.3. The van der Waals surface area contributed by atoms with E-state index < -0.39 is 11.8 Å². The van der Waals surface area contributed by atoms with Gasteiger partial charge in [0.2, 0.25) is 0 Å². The van der Waals surface area contributed by atoms with Crippen molar-refractivity contribution in [2.24, 2.45) is 0 Å². The average Bonchev–Trinajstić information content (AvgIpc) is 3.26. The second-order valence-electron chi connectivity index (χ2n) is 6.79. The number of hydrogen-bond acceptors (Lipinski definition) is 3. The van der Waals surface area contributed by atoms with E-state index in [1.807, 2.05) is 92.0 Å². The quantitative estimate of drug-likeness (QED) is 0.335.